The number of terminal acetylenes is 1. The molecule has 3 nitrogen and oxygen atoms in total. The molecular weight excluding hydrogens is 196 g/mol. The second-order valence-electron chi connectivity index (χ2n) is 2.19. The highest BCUT2D eigenvalue weighted by Gasteiger charge is 2.16. The molecular formula is C7H7F2N3S. The maximum atomic E-state index is 12.2. The number of halogens is 2. The Morgan fingerprint density at radius 2 is 2.31 bits per heavy atom. The van der Waals surface area contributed by atoms with E-state index in [-0.39, 0.29) is 5.82 Å². The first-order chi connectivity index (χ1) is 6.16. The van der Waals surface area contributed by atoms with Gasteiger partial charge in [0.05, 0.1) is 5.75 Å². The van der Waals surface area contributed by atoms with Gasteiger partial charge >= 0.3 is 0 Å². The molecule has 6 heteroatoms. The summed E-state index contributed by atoms with van der Waals surface area (Å²) < 4.78 is 25.6. The van der Waals surface area contributed by atoms with Gasteiger partial charge in [-0.25, -0.2) is 8.78 Å². The van der Waals surface area contributed by atoms with Crippen LogP contribution in [0.1, 0.15) is 12.2 Å². The lowest BCUT2D eigenvalue weighted by atomic mass is 10.6. The van der Waals surface area contributed by atoms with Crippen molar-refractivity contribution in [2.45, 2.75) is 11.6 Å². The molecule has 0 atom stereocenters. The lowest BCUT2D eigenvalue weighted by Gasteiger charge is -1.99. The minimum Gasteiger partial charge on any atom is -0.304 e. The minimum absolute atomic E-state index is 0.334. The Labute approximate surface area is 78.5 Å². The van der Waals surface area contributed by atoms with Crippen molar-refractivity contribution in [2.75, 3.05) is 5.75 Å². The van der Waals surface area contributed by atoms with Crippen LogP contribution in [0, 0.1) is 12.3 Å². The summed E-state index contributed by atoms with van der Waals surface area (Å²) in [6.07, 6.45) is 2.42. The monoisotopic (exact) mass is 203 g/mol. The van der Waals surface area contributed by atoms with E-state index < -0.39 is 6.43 Å². The van der Waals surface area contributed by atoms with E-state index in [9.17, 15) is 8.78 Å². The third-order valence-electron chi connectivity index (χ3n) is 1.35. The quantitative estimate of drug-likeness (QED) is 0.550. The van der Waals surface area contributed by atoms with Crippen LogP contribution in [0.25, 0.3) is 0 Å². The van der Waals surface area contributed by atoms with Gasteiger partial charge in [-0.2, -0.15) is 0 Å². The second kappa shape index (κ2) is 4.23. The first-order valence-electron chi connectivity index (χ1n) is 3.40. The van der Waals surface area contributed by atoms with Gasteiger partial charge in [0.25, 0.3) is 6.43 Å². The Kier molecular flexibility index (Phi) is 3.25. The van der Waals surface area contributed by atoms with Gasteiger partial charge in [0.1, 0.15) is 0 Å². The van der Waals surface area contributed by atoms with E-state index >= 15 is 0 Å². The average Bonchev–Trinajstić information content (AvgIpc) is 2.43. The largest absolute Gasteiger partial charge is 0.304 e. The number of hydrogen-bond donors (Lipinski definition) is 0. The molecule has 0 bridgehead atoms. The predicted molar refractivity (Wildman–Crippen MR) is 45.5 cm³/mol. The fraction of sp³-hybridized carbons (Fsp3) is 0.429. The van der Waals surface area contributed by atoms with Crippen LogP contribution in [0.15, 0.2) is 5.16 Å². The van der Waals surface area contributed by atoms with E-state index in [1.54, 1.807) is 0 Å². The summed E-state index contributed by atoms with van der Waals surface area (Å²) in [7, 11) is 1.49. The van der Waals surface area contributed by atoms with Crippen LogP contribution < -0.4 is 0 Å². The van der Waals surface area contributed by atoms with Crippen LogP contribution in [0.3, 0.4) is 0 Å². The van der Waals surface area contributed by atoms with Crippen LogP contribution in [-0.4, -0.2) is 20.5 Å². The summed E-state index contributed by atoms with van der Waals surface area (Å²) in [5.41, 5.74) is 0. The molecule has 1 aromatic heterocycles. The SMILES string of the molecule is C#CCSc1nnc(C(F)F)n1C. The molecule has 0 unspecified atom stereocenters. The molecule has 1 aromatic rings. The molecule has 0 amide bonds. The molecule has 0 radical (unpaired) electrons. The van der Waals surface area contributed by atoms with Gasteiger partial charge in [-0.05, 0) is 0 Å². The molecule has 0 saturated heterocycles. The first-order valence-corrected chi connectivity index (χ1v) is 4.39. The van der Waals surface area contributed by atoms with E-state index in [4.69, 9.17) is 6.42 Å². The number of aromatic nitrogens is 3. The number of nitrogens with zero attached hydrogens (tertiary/aromatic N) is 3. The highest BCUT2D eigenvalue weighted by Crippen LogP contribution is 2.21. The molecule has 1 rings (SSSR count). The molecule has 0 spiro atoms. The Bertz CT molecular complexity index is 329. The van der Waals surface area contributed by atoms with Crippen molar-refractivity contribution in [1.29, 1.82) is 0 Å². The zero-order chi connectivity index (χ0) is 9.84. The number of alkyl halides is 2. The predicted octanol–water partition coefficient (Wildman–Crippen LogP) is 1.48. The van der Waals surface area contributed by atoms with Gasteiger partial charge in [-0.15, -0.1) is 16.6 Å². The smallest absolute Gasteiger partial charge is 0.297 e. The van der Waals surface area contributed by atoms with E-state index in [1.807, 2.05) is 0 Å². The lowest BCUT2D eigenvalue weighted by Crippen LogP contribution is -1.99. The molecule has 0 aliphatic carbocycles. The maximum absolute atomic E-state index is 12.2. The standard InChI is InChI=1S/C7H7F2N3S/c1-3-4-13-7-11-10-6(5(8)9)12(7)2/h1,5H,4H2,2H3. The summed E-state index contributed by atoms with van der Waals surface area (Å²) in [6.45, 7) is 0. The third kappa shape index (κ3) is 2.18. The van der Waals surface area contributed by atoms with E-state index in [2.05, 4.69) is 16.1 Å². The molecule has 0 aliphatic rings. The van der Waals surface area contributed by atoms with Crippen molar-refractivity contribution in [2.24, 2.45) is 7.05 Å². The summed E-state index contributed by atoms with van der Waals surface area (Å²) >= 11 is 1.21. The zero-order valence-corrected chi connectivity index (χ0v) is 7.68. The number of rotatable bonds is 3. The van der Waals surface area contributed by atoms with Crippen LogP contribution in [-0.2, 0) is 7.05 Å². The van der Waals surface area contributed by atoms with Crippen LogP contribution in [0.2, 0.25) is 0 Å². The van der Waals surface area contributed by atoms with Crippen molar-refractivity contribution in [1.82, 2.24) is 14.8 Å². The second-order valence-corrected chi connectivity index (χ2v) is 3.14. The van der Waals surface area contributed by atoms with Crippen LogP contribution in [0.5, 0.6) is 0 Å². The Balaban J connectivity index is 2.81. The van der Waals surface area contributed by atoms with Crippen LogP contribution in [0.4, 0.5) is 8.78 Å². The molecule has 13 heavy (non-hydrogen) atoms. The normalized spacial score (nSPS) is 10.4. The summed E-state index contributed by atoms with van der Waals surface area (Å²) in [4.78, 5) is 0. The van der Waals surface area contributed by atoms with Crippen molar-refractivity contribution in [3.63, 3.8) is 0 Å². The molecule has 70 valence electrons. The topological polar surface area (TPSA) is 30.7 Å². The molecule has 0 fully saturated rings. The number of hydrogen-bond acceptors (Lipinski definition) is 3. The van der Waals surface area contributed by atoms with Gasteiger partial charge in [0.15, 0.2) is 5.16 Å². The average molecular weight is 203 g/mol. The highest BCUT2D eigenvalue weighted by molar-refractivity contribution is 7.99. The van der Waals surface area contributed by atoms with Gasteiger partial charge in [0.2, 0.25) is 5.82 Å². The lowest BCUT2D eigenvalue weighted by molar-refractivity contribution is 0.135. The van der Waals surface area contributed by atoms with Crippen molar-refractivity contribution in [3.05, 3.63) is 5.82 Å². The molecule has 0 aliphatic heterocycles. The Hall–Kier alpha value is -1.09. The minimum atomic E-state index is -2.60. The Morgan fingerprint density at radius 3 is 2.77 bits per heavy atom. The van der Waals surface area contributed by atoms with Crippen LogP contribution >= 0.6 is 11.8 Å². The van der Waals surface area contributed by atoms with E-state index in [0.29, 0.717) is 10.9 Å². The fourth-order valence-electron chi connectivity index (χ4n) is 0.748. The Morgan fingerprint density at radius 1 is 1.62 bits per heavy atom. The highest BCUT2D eigenvalue weighted by atomic mass is 32.2. The molecule has 0 saturated carbocycles. The number of thioether (sulfide) groups is 1. The van der Waals surface area contributed by atoms with Crippen molar-refractivity contribution >= 4 is 11.8 Å². The maximum Gasteiger partial charge on any atom is 0.297 e. The zero-order valence-electron chi connectivity index (χ0n) is 6.87. The summed E-state index contributed by atoms with van der Waals surface area (Å²) in [6, 6.07) is 0. The fourth-order valence-corrected chi connectivity index (χ4v) is 1.35. The van der Waals surface area contributed by atoms with E-state index in [1.165, 1.54) is 23.4 Å². The van der Waals surface area contributed by atoms with Gasteiger partial charge in [-0.3, -0.25) is 0 Å². The first kappa shape index (κ1) is 9.99. The van der Waals surface area contributed by atoms with Crippen molar-refractivity contribution in [3.8, 4) is 12.3 Å². The van der Waals surface area contributed by atoms with Gasteiger partial charge < -0.3 is 4.57 Å². The summed E-state index contributed by atoms with van der Waals surface area (Å²) in [5, 5.41) is 7.33. The van der Waals surface area contributed by atoms with Crippen molar-refractivity contribution < 1.29 is 8.78 Å². The molecule has 0 aromatic carbocycles. The van der Waals surface area contributed by atoms with Gasteiger partial charge in [-0.1, -0.05) is 17.7 Å². The summed E-state index contributed by atoms with van der Waals surface area (Å²) in [5.74, 6) is 2.44. The molecule has 0 N–H and O–H groups in total. The van der Waals surface area contributed by atoms with E-state index in [0.717, 1.165) is 0 Å². The van der Waals surface area contributed by atoms with Gasteiger partial charge in [0, 0.05) is 7.05 Å². The third-order valence-corrected chi connectivity index (χ3v) is 2.27. The molecule has 1 heterocycles.